The molecule has 3 heteroatoms. The molecule has 0 aliphatic rings. The van der Waals surface area contributed by atoms with E-state index in [-0.39, 0.29) is 5.41 Å². The van der Waals surface area contributed by atoms with Crippen molar-refractivity contribution in [2.75, 3.05) is 0 Å². The molecule has 0 N–H and O–H groups in total. The first-order valence-electron chi connectivity index (χ1n) is 5.53. The van der Waals surface area contributed by atoms with E-state index in [2.05, 4.69) is 68.0 Å². The van der Waals surface area contributed by atoms with E-state index in [4.69, 9.17) is 4.43 Å². The van der Waals surface area contributed by atoms with Crippen LogP contribution in [0.1, 0.15) is 31.9 Å². The van der Waals surface area contributed by atoms with E-state index in [0.29, 0.717) is 0 Å². The Bertz CT molecular complexity index is 355. The maximum absolute atomic E-state index is 5.82. The summed E-state index contributed by atoms with van der Waals surface area (Å²) in [5.41, 5.74) is 2.82. The first-order chi connectivity index (χ1) is 7.32. The van der Waals surface area contributed by atoms with Gasteiger partial charge in [0.15, 0.2) is 0 Å². The minimum absolute atomic E-state index is 0.164. The van der Waals surface area contributed by atoms with Crippen molar-refractivity contribution >= 4 is 25.0 Å². The molecule has 0 saturated carbocycles. The van der Waals surface area contributed by atoms with Crippen LogP contribution in [0.25, 0.3) is 0 Å². The number of halogens is 1. The Morgan fingerprint density at radius 3 is 2.38 bits per heavy atom. The largest absolute Gasteiger partial charge is 0.413 e. The van der Waals surface area contributed by atoms with E-state index < -0.39 is 9.04 Å². The topological polar surface area (TPSA) is 9.23 Å². The average Bonchev–Trinajstić information content (AvgIpc) is 2.13. The molecule has 1 aromatic carbocycles. The van der Waals surface area contributed by atoms with Crippen LogP contribution in [0.15, 0.2) is 22.7 Å². The minimum Gasteiger partial charge on any atom is -0.413 e. The molecule has 1 rings (SSSR count). The van der Waals surface area contributed by atoms with Crippen LogP contribution in [-0.2, 0) is 16.4 Å². The highest BCUT2D eigenvalue weighted by Gasteiger charge is 2.19. The van der Waals surface area contributed by atoms with Crippen molar-refractivity contribution in [3.8, 4) is 0 Å². The normalized spacial score (nSPS) is 12.2. The first-order valence-corrected chi connectivity index (χ1v) is 8.73. The molecule has 1 radical (unpaired) electrons. The molecular formula is C13H20BrOSi. The second-order valence-corrected chi connectivity index (χ2v) is 8.17. The quantitative estimate of drug-likeness (QED) is 0.746. The number of benzene rings is 1. The second-order valence-electron chi connectivity index (χ2n) is 5.21. The fourth-order valence-electron chi connectivity index (χ4n) is 1.62. The molecule has 0 heterocycles. The Morgan fingerprint density at radius 1 is 1.25 bits per heavy atom. The van der Waals surface area contributed by atoms with Gasteiger partial charge in [-0.2, -0.15) is 0 Å². The van der Waals surface area contributed by atoms with Crippen LogP contribution in [0.4, 0.5) is 0 Å². The second kappa shape index (κ2) is 5.47. The highest BCUT2D eigenvalue weighted by atomic mass is 79.9. The van der Waals surface area contributed by atoms with Crippen molar-refractivity contribution in [3.05, 3.63) is 33.8 Å². The number of rotatable bonds is 3. The van der Waals surface area contributed by atoms with Gasteiger partial charge in [0.2, 0.25) is 9.04 Å². The zero-order valence-electron chi connectivity index (χ0n) is 10.7. The molecule has 89 valence electrons. The summed E-state index contributed by atoms with van der Waals surface area (Å²) in [6, 6.07) is 6.38. The molecule has 1 nitrogen and oxygen atoms in total. The van der Waals surface area contributed by atoms with Gasteiger partial charge in [0, 0.05) is 4.47 Å². The fourth-order valence-corrected chi connectivity index (χ4v) is 2.54. The van der Waals surface area contributed by atoms with Gasteiger partial charge in [0.1, 0.15) is 0 Å². The fraction of sp³-hybridized carbons (Fsp3) is 0.538. The van der Waals surface area contributed by atoms with E-state index in [0.717, 1.165) is 11.1 Å². The molecule has 1 aromatic rings. The summed E-state index contributed by atoms with van der Waals surface area (Å²) in [4.78, 5) is 0. The average molecular weight is 300 g/mol. The van der Waals surface area contributed by atoms with Crippen LogP contribution in [-0.4, -0.2) is 9.04 Å². The van der Waals surface area contributed by atoms with Crippen LogP contribution in [0.2, 0.25) is 13.1 Å². The van der Waals surface area contributed by atoms with Crippen molar-refractivity contribution in [1.29, 1.82) is 0 Å². The molecule has 0 aliphatic carbocycles. The Labute approximate surface area is 109 Å². The van der Waals surface area contributed by atoms with Crippen LogP contribution >= 0.6 is 15.9 Å². The van der Waals surface area contributed by atoms with E-state index in [1.807, 2.05) is 0 Å². The Kier molecular flexibility index (Phi) is 4.77. The summed E-state index contributed by atoms with van der Waals surface area (Å²) in [6.45, 7) is 11.8. The maximum Gasteiger partial charge on any atom is 0.205 e. The molecule has 0 spiro atoms. The molecule has 0 amide bonds. The Balaban J connectivity index is 3.04. The molecule has 0 aliphatic heterocycles. The summed E-state index contributed by atoms with van der Waals surface area (Å²) in [5, 5.41) is 0. The summed E-state index contributed by atoms with van der Waals surface area (Å²) in [5.74, 6) is 0. The van der Waals surface area contributed by atoms with Crippen LogP contribution in [0.3, 0.4) is 0 Å². The van der Waals surface area contributed by atoms with E-state index in [9.17, 15) is 0 Å². The maximum atomic E-state index is 5.82. The summed E-state index contributed by atoms with van der Waals surface area (Å²) in [6.07, 6.45) is 0. The minimum atomic E-state index is -0.631. The molecule has 0 fully saturated rings. The number of hydrogen-bond donors (Lipinski definition) is 0. The predicted molar refractivity (Wildman–Crippen MR) is 75.1 cm³/mol. The Hall–Kier alpha value is -0.123. The molecular weight excluding hydrogens is 280 g/mol. The lowest BCUT2D eigenvalue weighted by molar-refractivity contribution is 0.310. The highest BCUT2D eigenvalue weighted by molar-refractivity contribution is 9.10. The van der Waals surface area contributed by atoms with Crippen LogP contribution in [0.5, 0.6) is 0 Å². The summed E-state index contributed by atoms with van der Waals surface area (Å²) < 4.78 is 6.97. The monoisotopic (exact) mass is 299 g/mol. The van der Waals surface area contributed by atoms with E-state index in [1.54, 1.807) is 0 Å². The van der Waals surface area contributed by atoms with Crippen molar-refractivity contribution in [2.24, 2.45) is 0 Å². The lowest BCUT2D eigenvalue weighted by atomic mass is 9.84. The first kappa shape index (κ1) is 13.9. The van der Waals surface area contributed by atoms with Gasteiger partial charge in [0.05, 0.1) is 6.61 Å². The molecule has 16 heavy (non-hydrogen) atoms. The van der Waals surface area contributed by atoms with Crippen molar-refractivity contribution in [1.82, 2.24) is 0 Å². The molecule has 0 saturated heterocycles. The lowest BCUT2D eigenvalue weighted by Gasteiger charge is -2.24. The third-order valence-corrected chi connectivity index (χ3v) is 3.90. The van der Waals surface area contributed by atoms with Crippen molar-refractivity contribution < 1.29 is 4.43 Å². The van der Waals surface area contributed by atoms with Gasteiger partial charge in [0.25, 0.3) is 0 Å². The lowest BCUT2D eigenvalue weighted by Crippen LogP contribution is -2.17. The Morgan fingerprint density at radius 2 is 1.88 bits per heavy atom. The van der Waals surface area contributed by atoms with Gasteiger partial charge >= 0.3 is 0 Å². The SMILES string of the molecule is C[Si](C)OCc1c(Br)cccc1C(C)(C)C. The van der Waals surface area contributed by atoms with E-state index in [1.165, 1.54) is 11.1 Å². The van der Waals surface area contributed by atoms with Gasteiger partial charge in [-0.3, -0.25) is 0 Å². The number of hydrogen-bond acceptors (Lipinski definition) is 1. The highest BCUT2D eigenvalue weighted by Crippen LogP contribution is 2.31. The summed E-state index contributed by atoms with van der Waals surface area (Å²) in [7, 11) is -0.631. The third kappa shape index (κ3) is 3.72. The molecule has 0 aromatic heterocycles. The molecule has 0 bridgehead atoms. The van der Waals surface area contributed by atoms with Gasteiger partial charge in [-0.1, -0.05) is 48.8 Å². The zero-order valence-corrected chi connectivity index (χ0v) is 13.3. The third-order valence-electron chi connectivity index (χ3n) is 2.43. The van der Waals surface area contributed by atoms with Gasteiger partial charge < -0.3 is 4.43 Å². The van der Waals surface area contributed by atoms with Crippen molar-refractivity contribution in [2.45, 2.75) is 45.9 Å². The molecule has 0 unspecified atom stereocenters. The van der Waals surface area contributed by atoms with E-state index >= 15 is 0 Å². The predicted octanol–water partition coefficient (Wildman–Crippen LogP) is 4.51. The van der Waals surface area contributed by atoms with Crippen LogP contribution in [0, 0.1) is 0 Å². The standard InChI is InChI=1S/C13H20BrOSi/c1-13(2,3)11-7-6-8-12(14)10(11)9-15-16(4)5/h6-8H,9H2,1-5H3. The van der Waals surface area contributed by atoms with Gasteiger partial charge in [-0.25, -0.2) is 0 Å². The smallest absolute Gasteiger partial charge is 0.205 e. The van der Waals surface area contributed by atoms with Gasteiger partial charge in [-0.15, -0.1) is 0 Å². The van der Waals surface area contributed by atoms with Gasteiger partial charge in [-0.05, 0) is 35.7 Å². The van der Waals surface area contributed by atoms with Crippen molar-refractivity contribution in [3.63, 3.8) is 0 Å². The van der Waals surface area contributed by atoms with Crippen LogP contribution < -0.4 is 0 Å². The molecule has 0 atom stereocenters. The summed E-state index contributed by atoms with van der Waals surface area (Å²) >= 11 is 3.62. The zero-order chi connectivity index (χ0) is 12.3.